The maximum atomic E-state index is 5.63. The molecule has 0 heterocycles. The SMILES string of the molecule is CC(N)CCCCSC(C)[O][Sn]. The molecule has 71 valence electrons. The minimum absolute atomic E-state index is 0.361. The van der Waals surface area contributed by atoms with E-state index < -0.39 is 0 Å². The van der Waals surface area contributed by atoms with Gasteiger partial charge in [0.15, 0.2) is 0 Å². The zero-order chi connectivity index (χ0) is 9.40. The van der Waals surface area contributed by atoms with E-state index in [1.165, 1.54) is 41.5 Å². The van der Waals surface area contributed by atoms with Gasteiger partial charge in [-0.1, -0.05) is 0 Å². The number of unbranched alkanes of at least 4 members (excludes halogenated alkanes) is 1. The second-order valence-corrected chi connectivity index (χ2v) is 5.11. The summed E-state index contributed by atoms with van der Waals surface area (Å²) in [6, 6.07) is 0.361. The van der Waals surface area contributed by atoms with Gasteiger partial charge in [-0.05, 0) is 0 Å². The summed E-state index contributed by atoms with van der Waals surface area (Å²) in [5.74, 6) is 1.20. The zero-order valence-electron chi connectivity index (χ0n) is 7.88. The molecule has 0 aliphatic heterocycles. The number of nitrogens with two attached hydrogens (primary N) is 1. The Morgan fingerprint density at radius 2 is 2.08 bits per heavy atom. The number of hydrogen-bond donors (Lipinski definition) is 1. The Labute approximate surface area is 93.6 Å². The molecule has 2 N–H and O–H groups in total. The van der Waals surface area contributed by atoms with Crippen LogP contribution in [0.5, 0.6) is 0 Å². The van der Waals surface area contributed by atoms with Gasteiger partial charge in [-0.15, -0.1) is 0 Å². The van der Waals surface area contributed by atoms with E-state index in [-0.39, 0.29) is 0 Å². The fourth-order valence-corrected chi connectivity index (χ4v) is 2.21. The molecular weight excluding hydrogens is 277 g/mol. The molecule has 0 saturated heterocycles. The second kappa shape index (κ2) is 8.66. The molecule has 0 aromatic carbocycles. The van der Waals surface area contributed by atoms with Crippen molar-refractivity contribution < 1.29 is 3.07 Å². The number of thioether (sulfide) groups is 1. The van der Waals surface area contributed by atoms with E-state index in [1.54, 1.807) is 0 Å². The Balaban J connectivity index is 3.00. The van der Waals surface area contributed by atoms with Crippen LogP contribution in [0.15, 0.2) is 0 Å². The second-order valence-electron chi connectivity index (χ2n) is 3.03. The Kier molecular flexibility index (Phi) is 9.43. The standard InChI is InChI=1S/C8H18NOS.Sn/c1-7(9)5-3-4-6-11-8(2)10;/h7-8H,3-6,9H2,1-2H3;/q-1;+1. The summed E-state index contributed by atoms with van der Waals surface area (Å²) in [5, 5.41) is 0. The van der Waals surface area contributed by atoms with Crippen LogP contribution in [0.2, 0.25) is 0 Å². The van der Waals surface area contributed by atoms with Crippen LogP contribution in [-0.4, -0.2) is 40.2 Å². The first kappa shape index (κ1) is 13.1. The van der Waals surface area contributed by atoms with Crippen molar-refractivity contribution >= 4 is 34.7 Å². The van der Waals surface area contributed by atoms with Crippen LogP contribution in [0.25, 0.3) is 0 Å². The molecule has 0 aromatic heterocycles. The summed E-state index contributed by atoms with van der Waals surface area (Å²) in [5.41, 5.74) is 6.01. The molecule has 0 bridgehead atoms. The van der Waals surface area contributed by atoms with Crippen LogP contribution in [-0.2, 0) is 3.07 Å². The van der Waals surface area contributed by atoms with Crippen LogP contribution < -0.4 is 5.73 Å². The van der Waals surface area contributed by atoms with Gasteiger partial charge in [0.1, 0.15) is 0 Å². The summed E-state index contributed by atoms with van der Waals surface area (Å²) >= 11 is 3.05. The van der Waals surface area contributed by atoms with Crippen molar-refractivity contribution in [1.82, 2.24) is 0 Å². The Morgan fingerprint density at radius 3 is 2.58 bits per heavy atom. The van der Waals surface area contributed by atoms with Crippen molar-refractivity contribution in [3.05, 3.63) is 0 Å². The Bertz CT molecular complexity index is 103. The van der Waals surface area contributed by atoms with Crippen molar-refractivity contribution in [3.63, 3.8) is 0 Å². The molecule has 3 radical (unpaired) electrons. The minimum atomic E-state index is 0.361. The molecule has 2 atom stereocenters. The summed E-state index contributed by atoms with van der Waals surface area (Å²) in [4.78, 5) is 0. The zero-order valence-corrected chi connectivity index (χ0v) is 11.5. The van der Waals surface area contributed by atoms with Crippen LogP contribution in [0.1, 0.15) is 33.1 Å². The summed E-state index contributed by atoms with van der Waals surface area (Å²) in [6.07, 6.45) is 3.65. The van der Waals surface area contributed by atoms with Crippen LogP contribution in [0.3, 0.4) is 0 Å². The molecule has 0 aliphatic carbocycles. The Hall–Kier alpha value is 1.07. The number of rotatable bonds is 7. The van der Waals surface area contributed by atoms with Gasteiger partial charge in [-0.25, -0.2) is 0 Å². The van der Waals surface area contributed by atoms with Gasteiger partial charge in [0.2, 0.25) is 0 Å². The molecule has 0 fully saturated rings. The van der Waals surface area contributed by atoms with Crippen molar-refractivity contribution in [2.45, 2.75) is 44.6 Å². The van der Waals surface area contributed by atoms with E-state index in [0.29, 0.717) is 11.5 Å². The van der Waals surface area contributed by atoms with E-state index >= 15 is 0 Å². The topological polar surface area (TPSA) is 35.2 Å². The predicted octanol–water partition coefficient (Wildman–Crippen LogP) is 1.68. The van der Waals surface area contributed by atoms with Crippen LogP contribution >= 0.6 is 11.8 Å². The fraction of sp³-hybridized carbons (Fsp3) is 1.00. The molecule has 2 unspecified atom stereocenters. The molecular formula is C8H18NOSSn. The van der Waals surface area contributed by atoms with Gasteiger partial charge >= 0.3 is 93.8 Å². The van der Waals surface area contributed by atoms with Crippen molar-refractivity contribution in [2.24, 2.45) is 5.73 Å². The third-order valence-electron chi connectivity index (χ3n) is 1.57. The molecule has 12 heavy (non-hydrogen) atoms. The molecule has 0 rings (SSSR count). The van der Waals surface area contributed by atoms with Gasteiger partial charge in [-0.3, -0.25) is 0 Å². The summed E-state index contributed by atoms with van der Waals surface area (Å²) in [7, 11) is 0. The number of hydrogen-bond acceptors (Lipinski definition) is 3. The molecule has 0 amide bonds. The van der Waals surface area contributed by atoms with E-state index in [2.05, 4.69) is 13.8 Å². The van der Waals surface area contributed by atoms with Gasteiger partial charge < -0.3 is 0 Å². The normalized spacial score (nSPS) is 16.0. The molecule has 0 spiro atoms. The quantitative estimate of drug-likeness (QED) is 0.441. The predicted molar refractivity (Wildman–Crippen MR) is 56.3 cm³/mol. The van der Waals surface area contributed by atoms with E-state index in [0.717, 1.165) is 6.42 Å². The van der Waals surface area contributed by atoms with Gasteiger partial charge in [0.25, 0.3) is 0 Å². The van der Waals surface area contributed by atoms with Crippen LogP contribution in [0, 0.1) is 0 Å². The van der Waals surface area contributed by atoms with Crippen LogP contribution in [0.4, 0.5) is 0 Å². The van der Waals surface area contributed by atoms with E-state index in [9.17, 15) is 0 Å². The fourth-order valence-electron chi connectivity index (χ4n) is 0.852. The third kappa shape index (κ3) is 9.16. The van der Waals surface area contributed by atoms with E-state index in [1.807, 2.05) is 11.8 Å². The van der Waals surface area contributed by atoms with Crippen molar-refractivity contribution in [1.29, 1.82) is 0 Å². The molecule has 4 heteroatoms. The third-order valence-corrected chi connectivity index (χ3v) is 4.16. The van der Waals surface area contributed by atoms with Gasteiger partial charge in [0.05, 0.1) is 0 Å². The van der Waals surface area contributed by atoms with Crippen molar-refractivity contribution in [2.75, 3.05) is 5.75 Å². The summed E-state index contributed by atoms with van der Waals surface area (Å²) in [6.45, 7) is 4.17. The van der Waals surface area contributed by atoms with Gasteiger partial charge in [0, 0.05) is 0 Å². The first-order valence-corrected chi connectivity index (χ1v) is 6.57. The first-order chi connectivity index (χ1) is 5.66. The van der Waals surface area contributed by atoms with Crippen molar-refractivity contribution in [3.8, 4) is 0 Å². The maximum absolute atomic E-state index is 5.63. The first-order valence-electron chi connectivity index (χ1n) is 4.36. The summed E-state index contributed by atoms with van der Waals surface area (Å²) < 4.78 is 5.21. The Morgan fingerprint density at radius 1 is 1.42 bits per heavy atom. The molecule has 0 saturated carbocycles. The van der Waals surface area contributed by atoms with Gasteiger partial charge in [-0.2, -0.15) is 0 Å². The van der Waals surface area contributed by atoms with E-state index in [4.69, 9.17) is 8.81 Å². The molecule has 2 nitrogen and oxygen atoms in total. The molecule has 0 aliphatic rings. The average molecular weight is 295 g/mol. The average Bonchev–Trinajstić information content (AvgIpc) is 2.03. The monoisotopic (exact) mass is 296 g/mol. The molecule has 0 aromatic rings.